The summed E-state index contributed by atoms with van der Waals surface area (Å²) in [6, 6.07) is 7.39. The van der Waals surface area contributed by atoms with E-state index in [1.165, 1.54) is 23.1 Å². The summed E-state index contributed by atoms with van der Waals surface area (Å²) in [5, 5.41) is 9.65. The van der Waals surface area contributed by atoms with Crippen LogP contribution in [0.2, 0.25) is 0 Å². The number of anilines is 3. The Morgan fingerprint density at radius 2 is 1.86 bits per heavy atom. The number of hydrogen-bond acceptors (Lipinski definition) is 7. The highest BCUT2D eigenvalue weighted by Gasteiger charge is 2.39. The van der Waals surface area contributed by atoms with Gasteiger partial charge in [-0.25, -0.2) is 18.4 Å². The van der Waals surface area contributed by atoms with E-state index in [0.717, 1.165) is 12.8 Å². The topological polar surface area (TPSA) is 120 Å². The highest BCUT2D eigenvalue weighted by atomic mass is 31.1. The highest BCUT2D eigenvalue weighted by molar-refractivity contribution is 7.38. The molecule has 0 spiro atoms. The number of carboxylic acids is 1. The largest absolute Gasteiger partial charge is 0.490 e. The second kappa shape index (κ2) is 11.3. The van der Waals surface area contributed by atoms with Gasteiger partial charge in [0.25, 0.3) is 0 Å². The number of hydrogen-bond donors (Lipinski definition) is 2. The molecule has 6 rings (SSSR count). The third kappa shape index (κ3) is 5.73. The van der Waals surface area contributed by atoms with Gasteiger partial charge < -0.3 is 29.3 Å². The number of amides is 1. The normalized spacial score (nSPS) is 20.4. The van der Waals surface area contributed by atoms with Gasteiger partial charge in [-0.05, 0) is 55.5 Å². The summed E-state index contributed by atoms with van der Waals surface area (Å²) >= 11 is 0. The minimum Gasteiger partial charge on any atom is -0.490 e. The zero-order valence-corrected chi connectivity index (χ0v) is 24.4. The number of fused-ring (bicyclic) bond motifs is 1. The molecule has 3 aliphatic heterocycles. The summed E-state index contributed by atoms with van der Waals surface area (Å²) in [4.78, 5) is 38.6. The Morgan fingerprint density at radius 1 is 1.12 bits per heavy atom. The van der Waals surface area contributed by atoms with E-state index in [2.05, 4.69) is 6.58 Å². The van der Waals surface area contributed by atoms with Crippen LogP contribution in [0.15, 0.2) is 48.7 Å². The third-order valence-corrected chi connectivity index (χ3v) is 9.70. The summed E-state index contributed by atoms with van der Waals surface area (Å²) in [5.74, 6) is -2.33. The number of ether oxygens (including phenoxy) is 2. The summed E-state index contributed by atoms with van der Waals surface area (Å²) in [5.41, 5.74) is 1.42. The number of rotatable bonds is 9. The standard InChI is InChI=1S/C30H32F2N3O7P/c1-18-21-13-23(31)26(14-25(21)35(19-2-3-19)15-22(18)28(36)37)33-8-6-30(7-9-33,17-43(39)40)16-42-27-5-4-20(12-24(27)32)34-10-11-41-29(34)38/h4-5,12-15,19,43H,1-3,6-11,16-17H2,(H,36,37)(H,39,40). The molecule has 1 unspecified atom stereocenters. The van der Waals surface area contributed by atoms with Crippen molar-refractivity contribution >= 4 is 42.7 Å². The van der Waals surface area contributed by atoms with Gasteiger partial charge in [0, 0.05) is 48.5 Å². The van der Waals surface area contributed by atoms with Crippen LogP contribution < -0.4 is 19.4 Å². The van der Waals surface area contributed by atoms with Gasteiger partial charge in [-0.1, -0.05) is 6.58 Å². The van der Waals surface area contributed by atoms with Crippen molar-refractivity contribution in [2.24, 2.45) is 5.41 Å². The number of piperidine rings is 1. The van der Waals surface area contributed by atoms with E-state index < -0.39 is 37.1 Å². The monoisotopic (exact) mass is 615 g/mol. The third-order valence-electron chi connectivity index (χ3n) is 8.65. The van der Waals surface area contributed by atoms with Crippen LogP contribution >= 0.6 is 8.03 Å². The number of carbonyl (C=O) groups is 2. The molecule has 0 radical (unpaired) electrons. The van der Waals surface area contributed by atoms with Gasteiger partial charge in [-0.3, -0.25) is 9.46 Å². The molecule has 3 heterocycles. The smallest absolute Gasteiger partial charge is 0.414 e. The quantitative estimate of drug-likeness (QED) is 0.375. The molecule has 43 heavy (non-hydrogen) atoms. The van der Waals surface area contributed by atoms with Gasteiger partial charge in [-0.2, -0.15) is 0 Å². The van der Waals surface area contributed by atoms with Gasteiger partial charge in [0.2, 0.25) is 0 Å². The van der Waals surface area contributed by atoms with E-state index >= 15 is 4.39 Å². The van der Waals surface area contributed by atoms with E-state index in [4.69, 9.17) is 9.47 Å². The molecule has 0 bridgehead atoms. The van der Waals surface area contributed by atoms with Gasteiger partial charge in [0.15, 0.2) is 19.6 Å². The van der Waals surface area contributed by atoms with Gasteiger partial charge in [-0.15, -0.1) is 0 Å². The SMILES string of the molecule is C=C1C(C(=O)O)=CN(C2CC2)c2cc(N3CCC(COc4ccc(N5CCOC5=O)cc4F)(C[PH](=O)O)CC3)c(F)cc21. The lowest BCUT2D eigenvalue weighted by Gasteiger charge is -2.42. The lowest BCUT2D eigenvalue weighted by atomic mass is 9.80. The maximum absolute atomic E-state index is 15.5. The summed E-state index contributed by atoms with van der Waals surface area (Å²) in [6.07, 6.45) is 3.63. The number of halogens is 2. The lowest BCUT2D eigenvalue weighted by Crippen LogP contribution is -2.45. The average molecular weight is 616 g/mol. The number of aliphatic carboxylic acids is 1. The van der Waals surface area contributed by atoms with Crippen LogP contribution in [0, 0.1) is 17.0 Å². The van der Waals surface area contributed by atoms with Crippen LogP contribution in [0.4, 0.5) is 30.6 Å². The second-order valence-corrected chi connectivity index (χ2v) is 12.7. The fourth-order valence-corrected chi connectivity index (χ4v) is 7.16. The molecule has 2 N–H and O–H groups in total. The summed E-state index contributed by atoms with van der Waals surface area (Å²) in [7, 11) is -2.90. The van der Waals surface area contributed by atoms with E-state index in [0.29, 0.717) is 55.1 Å². The van der Waals surface area contributed by atoms with E-state index in [9.17, 15) is 28.5 Å². The van der Waals surface area contributed by atoms with Crippen LogP contribution in [-0.4, -0.2) is 67.1 Å². The van der Waals surface area contributed by atoms with Gasteiger partial charge >= 0.3 is 12.1 Å². The van der Waals surface area contributed by atoms with Crippen molar-refractivity contribution in [3.8, 4) is 5.75 Å². The minimum atomic E-state index is -2.90. The van der Waals surface area contributed by atoms with Crippen molar-refractivity contribution in [3.63, 3.8) is 0 Å². The lowest BCUT2D eigenvalue weighted by molar-refractivity contribution is -0.132. The van der Waals surface area contributed by atoms with E-state index in [1.54, 1.807) is 18.3 Å². The Kier molecular flexibility index (Phi) is 7.68. The first-order chi connectivity index (χ1) is 20.5. The zero-order chi connectivity index (χ0) is 30.5. The van der Waals surface area contributed by atoms with Gasteiger partial charge in [0.05, 0.1) is 35.8 Å². The number of benzene rings is 2. The molecule has 1 amide bonds. The first-order valence-electron chi connectivity index (χ1n) is 14.2. The number of carbonyl (C=O) groups excluding carboxylic acids is 1. The predicted molar refractivity (Wildman–Crippen MR) is 157 cm³/mol. The first-order valence-corrected chi connectivity index (χ1v) is 15.7. The van der Waals surface area contributed by atoms with Crippen LogP contribution in [0.25, 0.3) is 5.57 Å². The molecular formula is C30H32F2N3O7P. The first kappa shape index (κ1) is 29.2. The fourth-order valence-electron chi connectivity index (χ4n) is 6.07. The Labute approximate surface area is 247 Å². The van der Waals surface area contributed by atoms with Crippen molar-refractivity contribution in [1.29, 1.82) is 0 Å². The maximum Gasteiger partial charge on any atom is 0.414 e. The molecule has 1 saturated carbocycles. The molecular weight excluding hydrogens is 583 g/mol. The zero-order valence-electron chi connectivity index (χ0n) is 23.4. The Hall–Kier alpha value is -3.89. The number of carboxylic acid groups (broad SMARTS) is 1. The van der Waals surface area contributed by atoms with E-state index in [1.807, 2.05) is 9.80 Å². The highest BCUT2D eigenvalue weighted by Crippen LogP contribution is 2.46. The molecule has 2 aromatic rings. The number of cyclic esters (lactones) is 1. The van der Waals surface area contributed by atoms with Crippen LogP contribution in [0.3, 0.4) is 0 Å². The van der Waals surface area contributed by atoms with Crippen molar-refractivity contribution in [3.05, 3.63) is 65.9 Å². The molecule has 1 atom stereocenters. The molecule has 3 fully saturated rings. The maximum atomic E-state index is 15.5. The molecule has 10 nitrogen and oxygen atoms in total. The van der Waals surface area contributed by atoms with Crippen molar-refractivity contribution in [2.75, 3.05) is 53.7 Å². The molecule has 228 valence electrons. The van der Waals surface area contributed by atoms with Crippen molar-refractivity contribution < 1.29 is 42.4 Å². The molecule has 13 heteroatoms. The van der Waals surface area contributed by atoms with E-state index in [-0.39, 0.29) is 42.3 Å². The molecule has 0 aromatic heterocycles. The van der Waals surface area contributed by atoms with Crippen molar-refractivity contribution in [2.45, 2.75) is 31.7 Å². The summed E-state index contributed by atoms with van der Waals surface area (Å²) < 4.78 is 53.2. The predicted octanol–water partition coefficient (Wildman–Crippen LogP) is 5.02. The van der Waals surface area contributed by atoms with Crippen molar-refractivity contribution in [1.82, 2.24) is 0 Å². The second-order valence-electron chi connectivity index (χ2n) is 11.5. The average Bonchev–Trinajstić information content (AvgIpc) is 3.72. The molecule has 2 aromatic carbocycles. The molecule has 4 aliphatic rings. The van der Waals surface area contributed by atoms with Gasteiger partial charge in [0.1, 0.15) is 12.4 Å². The molecule has 1 aliphatic carbocycles. The van der Waals surface area contributed by atoms with Crippen LogP contribution in [0.5, 0.6) is 5.75 Å². The number of nitrogens with zero attached hydrogens (tertiary/aromatic N) is 3. The fraction of sp³-hybridized carbons (Fsp3) is 0.400. The van der Waals surface area contributed by atoms with Crippen LogP contribution in [0.1, 0.15) is 31.2 Å². The minimum absolute atomic E-state index is 0.00938. The Balaban J connectivity index is 1.18. The Bertz CT molecular complexity index is 1550. The summed E-state index contributed by atoms with van der Waals surface area (Å²) in [6.45, 7) is 5.19. The Morgan fingerprint density at radius 3 is 2.47 bits per heavy atom. The van der Waals surface area contributed by atoms with Crippen LogP contribution in [-0.2, 0) is 14.1 Å². The molecule has 2 saturated heterocycles.